The van der Waals surface area contributed by atoms with E-state index in [0.717, 1.165) is 17.8 Å². The van der Waals surface area contributed by atoms with Crippen molar-refractivity contribution in [1.29, 1.82) is 0 Å². The van der Waals surface area contributed by atoms with Gasteiger partial charge >= 0.3 is 5.97 Å². The quantitative estimate of drug-likeness (QED) is 0.630. The molecule has 4 heterocycles. The molecular weight excluding hydrogens is 362 g/mol. The number of aliphatic carboxylic acids is 1. The molecule has 4 atom stereocenters. The van der Waals surface area contributed by atoms with E-state index >= 15 is 0 Å². The minimum atomic E-state index is -0.892. The fraction of sp³-hybridized carbons (Fsp3) is 0.400. The number of carboxylic acids is 1. The first-order valence-electron chi connectivity index (χ1n) is 9.40. The third kappa shape index (κ3) is 2.37. The summed E-state index contributed by atoms with van der Waals surface area (Å²) in [5, 5.41) is 21.1. The van der Waals surface area contributed by atoms with Crippen molar-refractivity contribution in [3.8, 4) is 0 Å². The van der Waals surface area contributed by atoms with Gasteiger partial charge in [0.2, 0.25) is 0 Å². The van der Waals surface area contributed by atoms with E-state index in [1.807, 2.05) is 6.07 Å². The van der Waals surface area contributed by atoms with Crippen molar-refractivity contribution in [3.63, 3.8) is 0 Å². The Labute approximate surface area is 160 Å². The lowest BCUT2D eigenvalue weighted by Gasteiger charge is -2.53. The Kier molecular flexibility index (Phi) is 3.59. The van der Waals surface area contributed by atoms with Gasteiger partial charge in [0.25, 0.3) is 11.2 Å². The average Bonchev–Trinajstić information content (AvgIpc) is 2.67. The van der Waals surface area contributed by atoms with Crippen LogP contribution in [0.2, 0.25) is 0 Å². The number of anilines is 1. The van der Waals surface area contributed by atoms with Crippen molar-refractivity contribution in [3.05, 3.63) is 68.1 Å². The van der Waals surface area contributed by atoms with Gasteiger partial charge in [-0.25, -0.2) is 0 Å². The fourth-order valence-corrected chi connectivity index (χ4v) is 5.44. The second-order valence-corrected chi connectivity index (χ2v) is 7.95. The highest BCUT2D eigenvalue weighted by atomic mass is 16.6. The molecule has 3 aliphatic heterocycles. The highest BCUT2D eigenvalue weighted by molar-refractivity contribution is 5.76. The number of pyridine rings is 1. The summed E-state index contributed by atoms with van der Waals surface area (Å²) in [7, 11) is 0. The number of carbonyl (C=O) groups is 1. The third-order valence-electron chi connectivity index (χ3n) is 6.52. The van der Waals surface area contributed by atoms with Crippen molar-refractivity contribution >= 4 is 17.3 Å². The largest absolute Gasteiger partial charge is 0.481 e. The van der Waals surface area contributed by atoms with Gasteiger partial charge in [-0.15, -0.1) is 0 Å². The van der Waals surface area contributed by atoms with E-state index in [-0.39, 0.29) is 35.5 Å². The Hall–Kier alpha value is -3.16. The van der Waals surface area contributed by atoms with Gasteiger partial charge in [-0.05, 0) is 36.5 Å². The fourth-order valence-electron chi connectivity index (χ4n) is 5.44. The summed E-state index contributed by atoms with van der Waals surface area (Å²) >= 11 is 0. The Morgan fingerprint density at radius 2 is 2.04 bits per heavy atom. The normalized spacial score (nSPS) is 27.4. The second kappa shape index (κ2) is 5.92. The van der Waals surface area contributed by atoms with Crippen LogP contribution in [0.4, 0.5) is 11.4 Å². The Balaban J connectivity index is 1.64. The zero-order valence-corrected chi connectivity index (χ0v) is 15.0. The summed E-state index contributed by atoms with van der Waals surface area (Å²) in [6, 6.07) is 9.81. The summed E-state index contributed by atoms with van der Waals surface area (Å²) in [5.41, 5.74) is 2.52. The number of non-ortho nitro benzene ring substituents is 1. The molecule has 28 heavy (non-hydrogen) atoms. The molecule has 1 fully saturated rings. The number of fused-ring (bicyclic) bond motifs is 8. The van der Waals surface area contributed by atoms with Crippen molar-refractivity contribution in [2.45, 2.75) is 31.3 Å². The van der Waals surface area contributed by atoms with Gasteiger partial charge in [-0.2, -0.15) is 0 Å². The van der Waals surface area contributed by atoms with Gasteiger partial charge in [-0.1, -0.05) is 6.07 Å². The van der Waals surface area contributed by atoms with Crippen LogP contribution >= 0.6 is 0 Å². The molecule has 8 nitrogen and oxygen atoms in total. The number of nitro benzene ring substituents is 1. The van der Waals surface area contributed by atoms with Crippen LogP contribution in [-0.2, 0) is 17.8 Å². The third-order valence-corrected chi connectivity index (χ3v) is 6.52. The summed E-state index contributed by atoms with van der Waals surface area (Å²) in [4.78, 5) is 37.3. The summed E-state index contributed by atoms with van der Waals surface area (Å²) in [6.07, 6.45) is 1.13. The van der Waals surface area contributed by atoms with Gasteiger partial charge in [0.1, 0.15) is 0 Å². The van der Waals surface area contributed by atoms with E-state index in [2.05, 4.69) is 4.90 Å². The smallest absolute Gasteiger partial charge is 0.308 e. The zero-order valence-electron chi connectivity index (χ0n) is 15.0. The predicted molar refractivity (Wildman–Crippen MR) is 101 cm³/mol. The number of nitro groups is 1. The zero-order chi connectivity index (χ0) is 19.6. The van der Waals surface area contributed by atoms with E-state index in [0.29, 0.717) is 18.7 Å². The standard InChI is InChI=1S/C20H19N3O5/c24-18-3-1-2-16-12-6-13(10-21(16)18)19-15(20(25)26)8-11-7-14(23(27)28)4-5-17(11)22(19)9-12/h1-5,7,12-13,15,19H,6,8-10H2,(H,25,26)/t12-,13-,15-,19?/m1/s1. The second-order valence-electron chi connectivity index (χ2n) is 7.95. The van der Waals surface area contributed by atoms with E-state index in [4.69, 9.17) is 0 Å². The number of carboxylic acid groups (broad SMARTS) is 1. The minimum absolute atomic E-state index is 0.0181. The maximum atomic E-state index is 12.3. The molecule has 0 aliphatic carbocycles. The molecule has 1 aromatic carbocycles. The lowest BCUT2D eigenvalue weighted by atomic mass is 9.70. The average molecular weight is 381 g/mol. The molecule has 0 amide bonds. The molecule has 8 heteroatoms. The first-order chi connectivity index (χ1) is 13.4. The van der Waals surface area contributed by atoms with Crippen molar-refractivity contribution in [1.82, 2.24) is 4.57 Å². The van der Waals surface area contributed by atoms with Crippen LogP contribution in [0.15, 0.2) is 41.2 Å². The number of nitrogens with zero attached hydrogens (tertiary/aromatic N) is 3. The van der Waals surface area contributed by atoms with E-state index < -0.39 is 16.8 Å². The van der Waals surface area contributed by atoms with Crippen LogP contribution < -0.4 is 10.5 Å². The maximum Gasteiger partial charge on any atom is 0.308 e. The minimum Gasteiger partial charge on any atom is -0.481 e. The van der Waals surface area contributed by atoms with E-state index in [9.17, 15) is 24.8 Å². The molecule has 1 N–H and O–H groups in total. The monoisotopic (exact) mass is 381 g/mol. The molecule has 0 saturated carbocycles. The van der Waals surface area contributed by atoms with E-state index in [1.54, 1.807) is 22.8 Å². The van der Waals surface area contributed by atoms with E-state index in [1.165, 1.54) is 12.1 Å². The Morgan fingerprint density at radius 1 is 1.21 bits per heavy atom. The number of hydrogen-bond donors (Lipinski definition) is 1. The van der Waals surface area contributed by atoms with Crippen LogP contribution in [0.1, 0.15) is 23.6 Å². The number of rotatable bonds is 2. The first-order valence-corrected chi connectivity index (χ1v) is 9.40. The summed E-state index contributed by atoms with van der Waals surface area (Å²) in [6.45, 7) is 1.12. The molecular formula is C20H19N3O5. The van der Waals surface area contributed by atoms with Crippen LogP contribution in [0.25, 0.3) is 0 Å². The molecule has 2 bridgehead atoms. The molecule has 1 aromatic heterocycles. The number of hydrogen-bond acceptors (Lipinski definition) is 5. The lowest BCUT2D eigenvalue weighted by molar-refractivity contribution is -0.384. The number of benzene rings is 1. The molecule has 1 saturated heterocycles. The number of aromatic nitrogens is 1. The van der Waals surface area contributed by atoms with Crippen LogP contribution in [0.3, 0.4) is 0 Å². The molecule has 144 valence electrons. The predicted octanol–water partition coefficient (Wildman–Crippen LogP) is 2.01. The summed E-state index contributed by atoms with van der Waals surface area (Å²) < 4.78 is 1.79. The Bertz CT molecular complexity index is 1060. The SMILES string of the molecule is O=C(O)[C@@H]1Cc2cc([N+](=O)[O-])ccc2N2C[C@H]3C[C@H](Cn4c3cccc4=O)C12. The number of piperidine rings is 1. The van der Waals surface area contributed by atoms with Crippen molar-refractivity contribution in [2.75, 3.05) is 11.4 Å². The molecule has 0 radical (unpaired) electrons. The molecule has 0 spiro atoms. The van der Waals surface area contributed by atoms with Gasteiger partial charge in [0, 0.05) is 54.6 Å². The van der Waals surface area contributed by atoms with Crippen molar-refractivity contribution < 1.29 is 14.8 Å². The topological polar surface area (TPSA) is 106 Å². The highest BCUT2D eigenvalue weighted by Crippen LogP contribution is 2.47. The van der Waals surface area contributed by atoms with Gasteiger partial charge in [0.05, 0.1) is 10.8 Å². The maximum absolute atomic E-state index is 12.3. The van der Waals surface area contributed by atoms with Gasteiger partial charge in [-0.3, -0.25) is 19.7 Å². The van der Waals surface area contributed by atoms with Crippen molar-refractivity contribution in [2.24, 2.45) is 11.8 Å². The van der Waals surface area contributed by atoms with Crippen LogP contribution in [0.5, 0.6) is 0 Å². The van der Waals surface area contributed by atoms with Crippen LogP contribution in [0, 0.1) is 22.0 Å². The molecule has 2 aromatic rings. The molecule has 3 aliphatic rings. The lowest BCUT2D eigenvalue weighted by Crippen LogP contribution is -2.60. The van der Waals surface area contributed by atoms with Gasteiger partial charge in [0.15, 0.2) is 0 Å². The highest BCUT2D eigenvalue weighted by Gasteiger charge is 2.49. The Morgan fingerprint density at radius 3 is 2.79 bits per heavy atom. The first kappa shape index (κ1) is 17.0. The summed E-state index contributed by atoms with van der Waals surface area (Å²) in [5.74, 6) is -1.35. The van der Waals surface area contributed by atoms with Gasteiger partial charge < -0.3 is 14.6 Å². The molecule has 5 rings (SSSR count). The molecule has 1 unspecified atom stereocenters. The van der Waals surface area contributed by atoms with Crippen LogP contribution in [-0.4, -0.2) is 33.2 Å².